The highest BCUT2D eigenvalue weighted by Crippen LogP contribution is 2.17. The first-order chi connectivity index (χ1) is 8.22. The summed E-state index contributed by atoms with van der Waals surface area (Å²) in [4.78, 5) is 0. The predicted molar refractivity (Wildman–Crippen MR) is 70.8 cm³/mol. The highest BCUT2D eigenvalue weighted by Gasteiger charge is 2.11. The minimum atomic E-state index is 0.743. The number of hydrogen-bond donors (Lipinski definition) is 1. The Labute approximate surface area is 105 Å². The van der Waals surface area contributed by atoms with Crippen molar-refractivity contribution in [2.24, 2.45) is 11.7 Å². The highest BCUT2D eigenvalue weighted by molar-refractivity contribution is 4.94. The lowest BCUT2D eigenvalue weighted by atomic mass is 9.94. The number of nitrogens with two attached hydrogens (primary N) is 1. The lowest BCUT2D eigenvalue weighted by molar-refractivity contribution is 0.414. The van der Waals surface area contributed by atoms with Crippen LogP contribution >= 0.6 is 0 Å². The Morgan fingerprint density at radius 2 is 1.94 bits per heavy atom. The van der Waals surface area contributed by atoms with Gasteiger partial charge in [-0.1, -0.05) is 19.8 Å². The molecule has 0 spiro atoms. The van der Waals surface area contributed by atoms with E-state index in [2.05, 4.69) is 28.6 Å². The van der Waals surface area contributed by atoms with Gasteiger partial charge in [0.15, 0.2) is 0 Å². The molecule has 4 heteroatoms. The van der Waals surface area contributed by atoms with E-state index in [4.69, 9.17) is 5.73 Å². The van der Waals surface area contributed by atoms with E-state index in [1.807, 2.05) is 6.92 Å². The van der Waals surface area contributed by atoms with Gasteiger partial charge in [0.1, 0.15) is 11.6 Å². The Morgan fingerprint density at radius 1 is 1.18 bits per heavy atom. The Morgan fingerprint density at radius 3 is 2.53 bits per heavy atom. The molecule has 0 aliphatic rings. The molecular weight excluding hydrogens is 212 g/mol. The number of aromatic nitrogens is 3. The summed E-state index contributed by atoms with van der Waals surface area (Å²) in [5, 5.41) is 8.41. The zero-order valence-electron chi connectivity index (χ0n) is 11.4. The molecule has 0 aromatic carbocycles. The van der Waals surface area contributed by atoms with Crippen molar-refractivity contribution < 1.29 is 0 Å². The number of rotatable bonds is 8. The van der Waals surface area contributed by atoms with Crippen molar-refractivity contribution in [2.75, 3.05) is 6.54 Å². The van der Waals surface area contributed by atoms with Crippen LogP contribution in [0.5, 0.6) is 0 Å². The molecule has 0 saturated heterocycles. The van der Waals surface area contributed by atoms with Gasteiger partial charge < -0.3 is 10.3 Å². The van der Waals surface area contributed by atoms with Crippen LogP contribution < -0.4 is 5.73 Å². The Hall–Kier alpha value is -0.900. The minimum Gasteiger partial charge on any atom is -0.330 e. The lowest BCUT2D eigenvalue weighted by Gasteiger charge is -2.14. The van der Waals surface area contributed by atoms with Gasteiger partial charge in [-0.3, -0.25) is 0 Å². The fourth-order valence-corrected chi connectivity index (χ4v) is 2.43. The molecule has 1 heterocycles. The second-order valence-corrected chi connectivity index (χ2v) is 4.68. The van der Waals surface area contributed by atoms with E-state index in [1.165, 1.54) is 19.3 Å². The second kappa shape index (κ2) is 7.43. The van der Waals surface area contributed by atoms with E-state index in [0.29, 0.717) is 0 Å². The third-order valence-electron chi connectivity index (χ3n) is 3.38. The molecule has 0 fully saturated rings. The van der Waals surface area contributed by atoms with Crippen LogP contribution in [0.1, 0.15) is 51.2 Å². The third-order valence-corrected chi connectivity index (χ3v) is 3.38. The van der Waals surface area contributed by atoms with Crippen molar-refractivity contribution in [2.45, 2.75) is 59.4 Å². The van der Waals surface area contributed by atoms with Crippen LogP contribution in [0, 0.1) is 12.8 Å². The Kier molecular flexibility index (Phi) is 6.19. The van der Waals surface area contributed by atoms with Crippen molar-refractivity contribution in [1.82, 2.24) is 14.8 Å². The van der Waals surface area contributed by atoms with E-state index in [-0.39, 0.29) is 0 Å². The Bertz CT molecular complexity index is 313. The normalized spacial score (nSPS) is 12.9. The van der Waals surface area contributed by atoms with Gasteiger partial charge in [0, 0.05) is 13.0 Å². The molecule has 1 aromatic rings. The van der Waals surface area contributed by atoms with Gasteiger partial charge in [0.25, 0.3) is 0 Å². The minimum absolute atomic E-state index is 0.743. The van der Waals surface area contributed by atoms with Gasteiger partial charge in [-0.15, -0.1) is 10.2 Å². The molecule has 1 atom stereocenters. The van der Waals surface area contributed by atoms with Crippen LogP contribution in [0.25, 0.3) is 0 Å². The summed E-state index contributed by atoms with van der Waals surface area (Å²) >= 11 is 0. The summed E-state index contributed by atoms with van der Waals surface area (Å²) in [6.45, 7) is 8.16. The number of aryl methyl sites for hydroxylation is 2. The molecule has 4 nitrogen and oxygen atoms in total. The lowest BCUT2D eigenvalue weighted by Crippen LogP contribution is -2.11. The van der Waals surface area contributed by atoms with E-state index in [0.717, 1.165) is 43.5 Å². The summed E-state index contributed by atoms with van der Waals surface area (Å²) in [6, 6.07) is 0. The van der Waals surface area contributed by atoms with Crippen molar-refractivity contribution in [3.63, 3.8) is 0 Å². The van der Waals surface area contributed by atoms with Crippen molar-refractivity contribution in [3.05, 3.63) is 11.6 Å². The van der Waals surface area contributed by atoms with Gasteiger partial charge in [-0.25, -0.2) is 0 Å². The predicted octanol–water partition coefficient (Wildman–Crippen LogP) is 2.30. The first kappa shape index (κ1) is 14.2. The second-order valence-electron chi connectivity index (χ2n) is 4.68. The van der Waals surface area contributed by atoms with Crippen LogP contribution in [0.4, 0.5) is 0 Å². The van der Waals surface area contributed by atoms with Crippen molar-refractivity contribution in [1.29, 1.82) is 0 Å². The average Bonchev–Trinajstić information content (AvgIpc) is 2.67. The summed E-state index contributed by atoms with van der Waals surface area (Å²) in [7, 11) is 0. The van der Waals surface area contributed by atoms with E-state index < -0.39 is 0 Å². The average molecular weight is 238 g/mol. The highest BCUT2D eigenvalue weighted by atomic mass is 15.3. The van der Waals surface area contributed by atoms with E-state index in [1.54, 1.807) is 0 Å². The number of nitrogens with zero attached hydrogens (tertiary/aromatic N) is 3. The van der Waals surface area contributed by atoms with E-state index in [9.17, 15) is 0 Å². The summed E-state index contributed by atoms with van der Waals surface area (Å²) in [6.07, 6.45) is 5.86. The first-order valence-electron chi connectivity index (χ1n) is 6.81. The molecule has 1 unspecified atom stereocenters. The topological polar surface area (TPSA) is 56.7 Å². The molecule has 0 aliphatic carbocycles. The Balaban J connectivity index is 2.52. The van der Waals surface area contributed by atoms with Crippen LogP contribution in [0.2, 0.25) is 0 Å². The quantitative estimate of drug-likeness (QED) is 0.756. The SMILES string of the molecule is CCCC(CCN)CCc1nnc(C)n1CC. The van der Waals surface area contributed by atoms with Crippen LogP contribution in [0.3, 0.4) is 0 Å². The maximum absolute atomic E-state index is 5.66. The van der Waals surface area contributed by atoms with Gasteiger partial charge >= 0.3 is 0 Å². The van der Waals surface area contributed by atoms with Crippen LogP contribution in [0.15, 0.2) is 0 Å². The molecule has 0 aliphatic heterocycles. The van der Waals surface area contributed by atoms with Crippen LogP contribution in [-0.4, -0.2) is 21.3 Å². The van der Waals surface area contributed by atoms with Gasteiger partial charge in [-0.05, 0) is 39.2 Å². The summed E-state index contributed by atoms with van der Waals surface area (Å²) in [5.74, 6) is 2.89. The standard InChI is InChI=1S/C13H26N4/c1-4-6-12(9-10-14)7-8-13-16-15-11(3)17(13)5-2/h12H,4-10,14H2,1-3H3. The van der Waals surface area contributed by atoms with Crippen LogP contribution in [-0.2, 0) is 13.0 Å². The summed E-state index contributed by atoms with van der Waals surface area (Å²) < 4.78 is 2.20. The smallest absolute Gasteiger partial charge is 0.132 e. The fourth-order valence-electron chi connectivity index (χ4n) is 2.43. The molecule has 17 heavy (non-hydrogen) atoms. The third kappa shape index (κ3) is 4.11. The fraction of sp³-hybridized carbons (Fsp3) is 0.846. The van der Waals surface area contributed by atoms with Gasteiger partial charge in [0.05, 0.1) is 0 Å². The molecule has 2 N–H and O–H groups in total. The first-order valence-corrected chi connectivity index (χ1v) is 6.81. The maximum atomic E-state index is 5.66. The molecular formula is C13H26N4. The monoisotopic (exact) mass is 238 g/mol. The van der Waals surface area contributed by atoms with Crippen molar-refractivity contribution >= 4 is 0 Å². The number of hydrogen-bond acceptors (Lipinski definition) is 3. The van der Waals surface area contributed by atoms with E-state index >= 15 is 0 Å². The molecule has 1 rings (SSSR count). The molecule has 1 aromatic heterocycles. The zero-order valence-corrected chi connectivity index (χ0v) is 11.4. The van der Waals surface area contributed by atoms with Gasteiger partial charge in [0.2, 0.25) is 0 Å². The largest absolute Gasteiger partial charge is 0.330 e. The van der Waals surface area contributed by atoms with Gasteiger partial charge in [-0.2, -0.15) is 0 Å². The maximum Gasteiger partial charge on any atom is 0.132 e. The zero-order chi connectivity index (χ0) is 12.7. The molecule has 0 amide bonds. The van der Waals surface area contributed by atoms with Crippen molar-refractivity contribution in [3.8, 4) is 0 Å². The molecule has 0 radical (unpaired) electrons. The summed E-state index contributed by atoms with van der Waals surface area (Å²) in [5.41, 5.74) is 5.66. The molecule has 98 valence electrons. The molecule has 0 bridgehead atoms. The molecule has 0 saturated carbocycles.